The molecule has 0 spiro atoms. The van der Waals surface area contributed by atoms with Gasteiger partial charge in [0.1, 0.15) is 16.9 Å². The van der Waals surface area contributed by atoms with Crippen molar-refractivity contribution in [2.24, 2.45) is 0 Å². The van der Waals surface area contributed by atoms with Crippen LogP contribution >= 0.6 is 0 Å². The Bertz CT molecular complexity index is 1180. The van der Waals surface area contributed by atoms with E-state index in [1.165, 1.54) is 12.7 Å². The number of anilines is 1. The minimum absolute atomic E-state index is 0.235. The van der Waals surface area contributed by atoms with Crippen molar-refractivity contribution < 1.29 is 9.53 Å². The third-order valence-corrected chi connectivity index (χ3v) is 4.64. The molecule has 0 saturated heterocycles. The van der Waals surface area contributed by atoms with Gasteiger partial charge in [-0.3, -0.25) is 4.57 Å². The van der Waals surface area contributed by atoms with Crippen LogP contribution in [0, 0.1) is 13.8 Å². The molecule has 4 rings (SSSR count). The summed E-state index contributed by atoms with van der Waals surface area (Å²) in [6, 6.07) is 13.5. The van der Waals surface area contributed by atoms with Gasteiger partial charge < -0.3 is 10.5 Å². The Morgan fingerprint density at radius 2 is 1.73 bits per heavy atom. The number of nitrogens with zero attached hydrogens (tertiary/aromatic N) is 3. The minimum Gasteiger partial charge on any atom is -0.465 e. The molecule has 0 bridgehead atoms. The van der Waals surface area contributed by atoms with Crippen LogP contribution < -0.4 is 5.73 Å². The maximum absolute atomic E-state index is 12.4. The molecule has 130 valence electrons. The molecule has 26 heavy (non-hydrogen) atoms. The minimum atomic E-state index is -0.528. The van der Waals surface area contributed by atoms with Crippen molar-refractivity contribution in [1.82, 2.24) is 14.5 Å². The van der Waals surface area contributed by atoms with Crippen LogP contribution in [0.15, 0.2) is 42.5 Å². The van der Waals surface area contributed by atoms with Crippen LogP contribution in [-0.4, -0.2) is 27.6 Å². The summed E-state index contributed by atoms with van der Waals surface area (Å²) in [7, 11) is 1.33. The van der Waals surface area contributed by atoms with E-state index in [1.807, 2.05) is 56.3 Å². The molecule has 0 saturated carbocycles. The molecule has 4 aromatic rings. The van der Waals surface area contributed by atoms with Gasteiger partial charge in [0.15, 0.2) is 5.65 Å². The van der Waals surface area contributed by atoms with Crippen LogP contribution in [-0.2, 0) is 4.74 Å². The molecule has 2 N–H and O–H groups in total. The number of para-hydroxylation sites is 2. The van der Waals surface area contributed by atoms with Gasteiger partial charge in [-0.05, 0) is 49.2 Å². The summed E-state index contributed by atoms with van der Waals surface area (Å²) in [5.74, 6) is -0.259. The summed E-state index contributed by atoms with van der Waals surface area (Å²) in [5.41, 5.74) is 12.1. The Labute approximate surface area is 150 Å². The van der Waals surface area contributed by atoms with Crippen molar-refractivity contribution in [3.05, 3.63) is 59.2 Å². The SMILES string of the molecule is COC(=O)c1c(N)n(-c2ccc(C)c(C)c2)c2nc3ccccc3nc12. The molecule has 0 radical (unpaired) electrons. The Morgan fingerprint density at radius 1 is 1.04 bits per heavy atom. The van der Waals surface area contributed by atoms with Gasteiger partial charge in [-0.15, -0.1) is 0 Å². The average Bonchev–Trinajstić information content (AvgIpc) is 2.92. The number of nitrogens with two attached hydrogens (primary N) is 1. The van der Waals surface area contributed by atoms with E-state index >= 15 is 0 Å². The first-order valence-corrected chi connectivity index (χ1v) is 8.24. The molecule has 6 heteroatoms. The molecule has 2 aromatic carbocycles. The summed E-state index contributed by atoms with van der Waals surface area (Å²) in [6.07, 6.45) is 0. The Hall–Kier alpha value is -3.41. The fourth-order valence-corrected chi connectivity index (χ4v) is 3.09. The number of benzene rings is 2. The number of ether oxygens (including phenoxy) is 1. The van der Waals surface area contributed by atoms with Crippen LogP contribution in [0.4, 0.5) is 5.82 Å². The van der Waals surface area contributed by atoms with E-state index in [1.54, 1.807) is 4.57 Å². The fraction of sp³-hybridized carbons (Fsp3) is 0.150. The third kappa shape index (κ3) is 2.30. The molecule has 0 fully saturated rings. The number of aryl methyl sites for hydroxylation is 2. The van der Waals surface area contributed by atoms with Gasteiger partial charge in [0.25, 0.3) is 0 Å². The predicted octanol–water partition coefficient (Wildman–Crippen LogP) is 3.56. The van der Waals surface area contributed by atoms with Crippen LogP contribution in [0.25, 0.3) is 27.9 Å². The first kappa shape index (κ1) is 16.1. The lowest BCUT2D eigenvalue weighted by Gasteiger charge is -2.10. The van der Waals surface area contributed by atoms with Gasteiger partial charge in [-0.25, -0.2) is 14.8 Å². The van der Waals surface area contributed by atoms with Crippen molar-refractivity contribution in [3.63, 3.8) is 0 Å². The molecule has 0 amide bonds. The van der Waals surface area contributed by atoms with Crippen LogP contribution in [0.2, 0.25) is 0 Å². The lowest BCUT2D eigenvalue weighted by atomic mass is 10.1. The molecular weight excluding hydrogens is 328 g/mol. The molecule has 2 aromatic heterocycles. The summed E-state index contributed by atoms with van der Waals surface area (Å²) in [6.45, 7) is 4.08. The highest BCUT2D eigenvalue weighted by atomic mass is 16.5. The number of rotatable bonds is 2. The number of aromatic nitrogens is 3. The third-order valence-electron chi connectivity index (χ3n) is 4.64. The number of hydrogen-bond acceptors (Lipinski definition) is 5. The maximum atomic E-state index is 12.4. The second kappa shape index (κ2) is 5.84. The summed E-state index contributed by atoms with van der Waals surface area (Å²) < 4.78 is 6.69. The van der Waals surface area contributed by atoms with Gasteiger partial charge in [-0.1, -0.05) is 18.2 Å². The molecule has 0 aliphatic rings. The number of esters is 1. The number of nitrogen functional groups attached to an aromatic ring is 1. The molecule has 0 aliphatic carbocycles. The monoisotopic (exact) mass is 346 g/mol. The molecule has 0 atom stereocenters. The molecular formula is C20H18N4O2. The van der Waals surface area contributed by atoms with Crippen molar-refractivity contribution in [3.8, 4) is 5.69 Å². The average molecular weight is 346 g/mol. The predicted molar refractivity (Wildman–Crippen MR) is 102 cm³/mol. The summed E-state index contributed by atoms with van der Waals surface area (Å²) in [4.78, 5) is 21.7. The van der Waals surface area contributed by atoms with Gasteiger partial charge in [0.05, 0.1) is 18.1 Å². The second-order valence-corrected chi connectivity index (χ2v) is 6.24. The topological polar surface area (TPSA) is 83.0 Å². The van der Waals surface area contributed by atoms with Crippen LogP contribution in [0.3, 0.4) is 0 Å². The zero-order valence-corrected chi connectivity index (χ0v) is 14.8. The van der Waals surface area contributed by atoms with E-state index in [9.17, 15) is 4.79 Å². The zero-order chi connectivity index (χ0) is 18.4. The Balaban J connectivity index is 2.14. The second-order valence-electron chi connectivity index (χ2n) is 6.24. The largest absolute Gasteiger partial charge is 0.465 e. The smallest absolute Gasteiger partial charge is 0.343 e. The number of hydrogen-bond donors (Lipinski definition) is 1. The van der Waals surface area contributed by atoms with Gasteiger partial charge >= 0.3 is 5.97 Å². The van der Waals surface area contributed by atoms with Crippen molar-refractivity contribution in [2.75, 3.05) is 12.8 Å². The number of methoxy groups -OCH3 is 1. The van der Waals surface area contributed by atoms with Gasteiger partial charge in [-0.2, -0.15) is 0 Å². The summed E-state index contributed by atoms with van der Waals surface area (Å²) in [5, 5.41) is 0. The van der Waals surface area contributed by atoms with E-state index in [-0.39, 0.29) is 11.4 Å². The maximum Gasteiger partial charge on any atom is 0.343 e. The van der Waals surface area contributed by atoms with Crippen molar-refractivity contribution in [1.29, 1.82) is 0 Å². The lowest BCUT2D eigenvalue weighted by molar-refractivity contribution is 0.0604. The van der Waals surface area contributed by atoms with E-state index in [4.69, 9.17) is 15.5 Å². The standard InChI is InChI=1S/C20H18N4O2/c1-11-8-9-13(10-12(11)2)24-18(21)16(20(25)26-3)17-19(24)23-15-7-5-4-6-14(15)22-17/h4-10H,21H2,1-3H3. The Morgan fingerprint density at radius 3 is 2.38 bits per heavy atom. The van der Waals surface area contributed by atoms with E-state index in [0.717, 1.165) is 16.8 Å². The van der Waals surface area contributed by atoms with E-state index in [0.29, 0.717) is 16.7 Å². The zero-order valence-electron chi connectivity index (χ0n) is 14.8. The highest BCUT2D eigenvalue weighted by Crippen LogP contribution is 2.31. The van der Waals surface area contributed by atoms with E-state index in [2.05, 4.69) is 4.98 Å². The van der Waals surface area contributed by atoms with Crippen molar-refractivity contribution in [2.45, 2.75) is 13.8 Å². The normalized spacial score (nSPS) is 11.2. The quantitative estimate of drug-likeness (QED) is 0.561. The molecule has 2 heterocycles. The highest BCUT2D eigenvalue weighted by molar-refractivity contribution is 6.08. The number of carbonyl (C=O) groups is 1. The van der Waals surface area contributed by atoms with Crippen molar-refractivity contribution >= 4 is 34.0 Å². The molecule has 6 nitrogen and oxygen atoms in total. The van der Waals surface area contributed by atoms with Crippen LogP contribution in [0.1, 0.15) is 21.5 Å². The molecule has 0 aliphatic heterocycles. The number of carbonyl (C=O) groups excluding carboxylic acids is 1. The van der Waals surface area contributed by atoms with E-state index < -0.39 is 5.97 Å². The highest BCUT2D eigenvalue weighted by Gasteiger charge is 2.25. The molecule has 0 unspecified atom stereocenters. The van der Waals surface area contributed by atoms with Gasteiger partial charge in [0, 0.05) is 5.69 Å². The summed E-state index contributed by atoms with van der Waals surface area (Å²) >= 11 is 0. The Kier molecular flexibility index (Phi) is 3.61. The number of fused-ring (bicyclic) bond motifs is 2. The lowest BCUT2D eigenvalue weighted by Crippen LogP contribution is -2.07. The van der Waals surface area contributed by atoms with Gasteiger partial charge in [0.2, 0.25) is 0 Å². The first-order chi connectivity index (χ1) is 12.5. The van der Waals surface area contributed by atoms with Crippen LogP contribution in [0.5, 0.6) is 0 Å². The first-order valence-electron chi connectivity index (χ1n) is 8.24. The fourth-order valence-electron chi connectivity index (χ4n) is 3.09.